The molecule has 1 heterocycles. The lowest BCUT2D eigenvalue weighted by atomic mass is 10.0. The van der Waals surface area contributed by atoms with Crippen LogP contribution in [0.5, 0.6) is 0 Å². The number of nitrogens with zero attached hydrogens (tertiary/aromatic N) is 1. The van der Waals surface area contributed by atoms with Crippen LogP contribution in [0.1, 0.15) is 39.5 Å². The first kappa shape index (κ1) is 17.8. The summed E-state index contributed by atoms with van der Waals surface area (Å²) in [6.45, 7) is 7.03. The molecule has 0 unspecified atom stereocenters. The zero-order chi connectivity index (χ0) is 16.0. The maximum absolute atomic E-state index is 12.2. The molecule has 0 aromatic carbocycles. The lowest BCUT2D eigenvalue weighted by Gasteiger charge is -2.40. The largest absolute Gasteiger partial charge is 0.339 e. The van der Waals surface area contributed by atoms with Crippen molar-refractivity contribution in [3.63, 3.8) is 0 Å². The van der Waals surface area contributed by atoms with Gasteiger partial charge in [-0.3, -0.25) is 14.4 Å². The van der Waals surface area contributed by atoms with Crippen LogP contribution in [0.15, 0.2) is 12.7 Å². The molecule has 0 aromatic heterocycles. The van der Waals surface area contributed by atoms with Gasteiger partial charge in [0.2, 0.25) is 0 Å². The molecule has 1 aliphatic heterocycles. The van der Waals surface area contributed by atoms with Gasteiger partial charge in [0.15, 0.2) is 11.6 Å². The van der Waals surface area contributed by atoms with E-state index in [1.54, 1.807) is 19.9 Å². The van der Waals surface area contributed by atoms with E-state index in [1.807, 2.05) is 0 Å². The highest BCUT2D eigenvalue weighted by Gasteiger charge is 2.42. The van der Waals surface area contributed by atoms with E-state index in [9.17, 15) is 9.59 Å². The number of carbonyl (C=O) groups excluding carboxylic acids is 2. The molecular weight excluding hydrogens is 274 g/mol. The van der Waals surface area contributed by atoms with Gasteiger partial charge in [-0.05, 0) is 26.7 Å². The average Bonchev–Trinajstić information content (AvgIpc) is 2.44. The van der Waals surface area contributed by atoms with Crippen LogP contribution in [-0.4, -0.2) is 48.9 Å². The lowest BCUT2D eigenvalue weighted by Crippen LogP contribution is -2.52. The summed E-state index contributed by atoms with van der Waals surface area (Å²) in [6.07, 6.45) is 2.55. The number of Topliss-reactive ketones (excluding diaryl/α,β-unsaturated/α-hetero) is 1. The van der Waals surface area contributed by atoms with Gasteiger partial charge in [-0.25, -0.2) is 5.06 Å². The quantitative estimate of drug-likeness (QED) is 0.408. The second kappa shape index (κ2) is 7.68. The molecule has 0 aliphatic carbocycles. The molecule has 1 rings (SSSR count). The Labute approximate surface area is 126 Å². The molecule has 6 nitrogen and oxygen atoms in total. The Morgan fingerprint density at radius 2 is 2.00 bits per heavy atom. The van der Waals surface area contributed by atoms with Gasteiger partial charge in [-0.2, -0.15) is 0 Å². The van der Waals surface area contributed by atoms with Crippen molar-refractivity contribution < 1.29 is 23.9 Å². The maximum atomic E-state index is 12.2. The molecule has 2 atom stereocenters. The van der Waals surface area contributed by atoms with Crippen molar-refractivity contribution in [2.75, 3.05) is 14.2 Å². The van der Waals surface area contributed by atoms with Crippen molar-refractivity contribution in [2.45, 2.75) is 57.5 Å². The molecular formula is C15H25NO5. The Hall–Kier alpha value is -1.24. The first-order valence-electron chi connectivity index (χ1n) is 7.11. The summed E-state index contributed by atoms with van der Waals surface area (Å²) in [7, 11) is 2.91. The van der Waals surface area contributed by atoms with Crippen LogP contribution in [0.2, 0.25) is 0 Å². The van der Waals surface area contributed by atoms with Crippen LogP contribution in [0.4, 0.5) is 0 Å². The molecule has 1 fully saturated rings. The Bertz CT molecular complexity index is 394. The third-order valence-corrected chi connectivity index (χ3v) is 3.33. The third-order valence-electron chi connectivity index (χ3n) is 3.33. The number of rotatable bonds is 7. The SMILES string of the molecule is C=CCCCC(=O)[C@H]1C[C@H](C(=O)N(C)OC)OC(C)(C)O1. The molecule has 21 heavy (non-hydrogen) atoms. The fourth-order valence-corrected chi connectivity index (χ4v) is 2.23. The number of ether oxygens (including phenoxy) is 2. The number of ketones is 1. The van der Waals surface area contributed by atoms with E-state index in [1.165, 1.54) is 14.2 Å². The van der Waals surface area contributed by atoms with E-state index in [0.29, 0.717) is 6.42 Å². The predicted octanol–water partition coefficient (Wildman–Crippen LogP) is 1.84. The molecule has 0 bridgehead atoms. The van der Waals surface area contributed by atoms with Crippen LogP contribution in [0.3, 0.4) is 0 Å². The molecule has 0 spiro atoms. The van der Waals surface area contributed by atoms with Gasteiger partial charge in [-0.1, -0.05) is 6.08 Å². The molecule has 1 amide bonds. The Kier molecular flexibility index (Phi) is 6.51. The zero-order valence-electron chi connectivity index (χ0n) is 13.3. The Balaban J connectivity index is 2.71. The number of hydroxylamine groups is 2. The zero-order valence-corrected chi connectivity index (χ0v) is 13.3. The van der Waals surface area contributed by atoms with Gasteiger partial charge in [0.05, 0.1) is 7.11 Å². The number of hydrogen-bond donors (Lipinski definition) is 0. The fourth-order valence-electron chi connectivity index (χ4n) is 2.23. The summed E-state index contributed by atoms with van der Waals surface area (Å²) in [5, 5.41) is 1.10. The number of likely N-dealkylation sites (N-methyl/N-ethyl adjacent to an activating group) is 1. The molecule has 0 aromatic rings. The lowest BCUT2D eigenvalue weighted by molar-refractivity contribution is -0.293. The molecule has 0 N–H and O–H groups in total. The summed E-state index contributed by atoms with van der Waals surface area (Å²) in [5.41, 5.74) is 0. The molecule has 1 saturated heterocycles. The topological polar surface area (TPSA) is 65.1 Å². The van der Waals surface area contributed by atoms with Crippen molar-refractivity contribution in [3.8, 4) is 0 Å². The molecule has 1 aliphatic rings. The Morgan fingerprint density at radius 1 is 1.38 bits per heavy atom. The summed E-state index contributed by atoms with van der Waals surface area (Å²) in [5.74, 6) is -1.31. The van der Waals surface area contributed by atoms with Gasteiger partial charge in [0, 0.05) is 19.9 Å². The standard InChI is InChI=1S/C15H25NO5/c1-6-7-8-9-11(17)12-10-13(14(18)16(4)19-5)21-15(2,3)20-12/h6,12-13H,1,7-10H2,2-5H3/t12-,13-/m1/s1. The van der Waals surface area contributed by atoms with Crippen LogP contribution in [-0.2, 0) is 23.9 Å². The van der Waals surface area contributed by atoms with Gasteiger partial charge < -0.3 is 9.47 Å². The van der Waals surface area contributed by atoms with E-state index in [4.69, 9.17) is 14.3 Å². The highest BCUT2D eigenvalue weighted by molar-refractivity contribution is 5.85. The van der Waals surface area contributed by atoms with Crippen LogP contribution in [0.25, 0.3) is 0 Å². The molecule has 0 radical (unpaired) electrons. The van der Waals surface area contributed by atoms with Crippen LogP contribution >= 0.6 is 0 Å². The van der Waals surface area contributed by atoms with Crippen molar-refractivity contribution in [2.24, 2.45) is 0 Å². The van der Waals surface area contributed by atoms with Crippen molar-refractivity contribution in [3.05, 3.63) is 12.7 Å². The number of amides is 1. The van der Waals surface area contributed by atoms with Crippen LogP contribution in [0, 0.1) is 0 Å². The number of allylic oxidation sites excluding steroid dienone is 1. The van der Waals surface area contributed by atoms with E-state index >= 15 is 0 Å². The van der Waals surface area contributed by atoms with E-state index < -0.39 is 18.0 Å². The number of unbranched alkanes of at least 4 members (excludes halogenated alkanes) is 1. The Morgan fingerprint density at radius 3 is 2.57 bits per heavy atom. The third kappa shape index (κ3) is 5.22. The van der Waals surface area contributed by atoms with Crippen LogP contribution < -0.4 is 0 Å². The highest BCUT2D eigenvalue weighted by Crippen LogP contribution is 2.29. The fraction of sp³-hybridized carbons (Fsp3) is 0.733. The molecule has 120 valence electrons. The number of hydrogen-bond acceptors (Lipinski definition) is 5. The predicted molar refractivity (Wildman–Crippen MR) is 77.3 cm³/mol. The smallest absolute Gasteiger partial charge is 0.275 e. The minimum Gasteiger partial charge on any atom is -0.339 e. The first-order valence-corrected chi connectivity index (χ1v) is 7.11. The summed E-state index contributed by atoms with van der Waals surface area (Å²) in [4.78, 5) is 29.2. The summed E-state index contributed by atoms with van der Waals surface area (Å²) >= 11 is 0. The second-order valence-corrected chi connectivity index (χ2v) is 5.51. The van der Waals surface area contributed by atoms with E-state index in [2.05, 4.69) is 6.58 Å². The van der Waals surface area contributed by atoms with Gasteiger partial charge in [0.1, 0.15) is 12.2 Å². The summed E-state index contributed by atoms with van der Waals surface area (Å²) in [6, 6.07) is 0. The monoisotopic (exact) mass is 299 g/mol. The second-order valence-electron chi connectivity index (χ2n) is 5.51. The minimum absolute atomic E-state index is 0.00825. The normalized spacial score (nSPS) is 24.4. The maximum Gasteiger partial charge on any atom is 0.275 e. The van der Waals surface area contributed by atoms with Crippen molar-refractivity contribution in [1.82, 2.24) is 5.06 Å². The number of carbonyl (C=O) groups is 2. The first-order chi connectivity index (χ1) is 9.80. The molecule has 6 heteroatoms. The van der Waals surface area contributed by atoms with Crippen molar-refractivity contribution in [1.29, 1.82) is 0 Å². The minimum atomic E-state index is -0.980. The van der Waals surface area contributed by atoms with Gasteiger partial charge in [0.25, 0.3) is 5.91 Å². The molecule has 0 saturated carbocycles. The van der Waals surface area contributed by atoms with E-state index in [-0.39, 0.29) is 18.1 Å². The average molecular weight is 299 g/mol. The highest BCUT2D eigenvalue weighted by atomic mass is 16.7. The van der Waals surface area contributed by atoms with E-state index in [0.717, 1.165) is 17.9 Å². The van der Waals surface area contributed by atoms with Gasteiger partial charge >= 0.3 is 0 Å². The summed E-state index contributed by atoms with van der Waals surface area (Å²) < 4.78 is 11.3. The van der Waals surface area contributed by atoms with Gasteiger partial charge in [-0.15, -0.1) is 6.58 Å². The van der Waals surface area contributed by atoms with Crippen molar-refractivity contribution >= 4 is 11.7 Å².